The molecule has 1 unspecified atom stereocenters. The van der Waals surface area contributed by atoms with E-state index in [9.17, 15) is 4.79 Å². The zero-order chi connectivity index (χ0) is 13.1. The predicted octanol–water partition coefficient (Wildman–Crippen LogP) is 2.54. The number of hydrogen-bond donors (Lipinski definition) is 2. The second kappa shape index (κ2) is 5.00. The van der Waals surface area contributed by atoms with Crippen molar-refractivity contribution >= 4 is 22.8 Å². The molecule has 0 amide bonds. The minimum absolute atomic E-state index is 0.196. The molecule has 1 aromatic carbocycles. The van der Waals surface area contributed by atoms with E-state index in [1.807, 2.05) is 6.92 Å². The summed E-state index contributed by atoms with van der Waals surface area (Å²) in [5, 5.41) is 13.0. The number of nitrogens with one attached hydrogen (secondary N) is 1. The molecular formula is C13H15N3O2. The van der Waals surface area contributed by atoms with Crippen LogP contribution in [-0.4, -0.2) is 27.1 Å². The van der Waals surface area contributed by atoms with Crippen LogP contribution in [0.2, 0.25) is 0 Å². The van der Waals surface area contributed by atoms with Crippen molar-refractivity contribution in [1.29, 1.82) is 0 Å². The van der Waals surface area contributed by atoms with Gasteiger partial charge in [0.1, 0.15) is 0 Å². The quantitative estimate of drug-likeness (QED) is 0.865. The van der Waals surface area contributed by atoms with Crippen LogP contribution in [0.25, 0.3) is 10.9 Å². The molecule has 0 aliphatic heterocycles. The molecule has 2 aromatic rings. The topological polar surface area (TPSA) is 75.1 Å². The summed E-state index contributed by atoms with van der Waals surface area (Å²) in [6, 6.07) is 5.29. The highest BCUT2D eigenvalue weighted by Gasteiger charge is 2.11. The van der Waals surface area contributed by atoms with Crippen molar-refractivity contribution in [1.82, 2.24) is 9.97 Å². The Bertz CT molecular complexity index is 583. The molecule has 0 spiro atoms. The van der Waals surface area contributed by atoms with Gasteiger partial charge in [0.15, 0.2) is 0 Å². The third kappa shape index (κ3) is 2.40. The molecule has 0 saturated heterocycles. The number of anilines is 1. The first-order valence-corrected chi connectivity index (χ1v) is 5.87. The number of aromatic nitrogens is 2. The zero-order valence-corrected chi connectivity index (χ0v) is 10.3. The minimum atomic E-state index is -0.978. The summed E-state index contributed by atoms with van der Waals surface area (Å²) in [5.74, 6) is -0.515. The Hall–Kier alpha value is -2.17. The first kappa shape index (κ1) is 12.3. The number of para-hydroxylation sites is 1. The molecule has 0 fully saturated rings. The van der Waals surface area contributed by atoms with Crippen molar-refractivity contribution in [2.75, 3.05) is 5.32 Å². The van der Waals surface area contributed by atoms with E-state index in [1.54, 1.807) is 24.4 Å². The average molecular weight is 245 g/mol. The second-order valence-corrected chi connectivity index (χ2v) is 4.20. The third-order valence-corrected chi connectivity index (χ3v) is 2.83. The lowest BCUT2D eigenvalue weighted by atomic mass is 10.1. The highest BCUT2D eigenvalue weighted by molar-refractivity contribution is 6.01. The highest BCUT2D eigenvalue weighted by atomic mass is 16.4. The van der Waals surface area contributed by atoms with Gasteiger partial charge < -0.3 is 10.4 Å². The fourth-order valence-electron chi connectivity index (χ4n) is 1.62. The lowest BCUT2D eigenvalue weighted by Crippen LogP contribution is -2.15. The standard InChI is InChI=1S/C13H15N3O2/c1-3-8(2)15-13-14-7-9-5-4-6-10(12(17)18)11(9)16-13/h4-8H,3H2,1-2H3,(H,17,18)(H,14,15,16). The van der Waals surface area contributed by atoms with Crippen LogP contribution in [0, 0.1) is 0 Å². The Labute approximate surface area is 105 Å². The summed E-state index contributed by atoms with van der Waals surface area (Å²) in [5.41, 5.74) is 0.660. The smallest absolute Gasteiger partial charge is 0.337 e. The molecule has 0 bridgehead atoms. The number of carboxylic acids is 1. The summed E-state index contributed by atoms with van der Waals surface area (Å²) in [6.45, 7) is 4.08. The zero-order valence-electron chi connectivity index (χ0n) is 10.3. The van der Waals surface area contributed by atoms with E-state index >= 15 is 0 Å². The van der Waals surface area contributed by atoms with E-state index in [-0.39, 0.29) is 11.6 Å². The van der Waals surface area contributed by atoms with E-state index in [0.29, 0.717) is 11.5 Å². The third-order valence-electron chi connectivity index (χ3n) is 2.83. The van der Waals surface area contributed by atoms with Gasteiger partial charge in [0.2, 0.25) is 5.95 Å². The van der Waals surface area contributed by atoms with Crippen molar-refractivity contribution in [2.45, 2.75) is 26.3 Å². The lowest BCUT2D eigenvalue weighted by Gasteiger charge is -2.11. The Kier molecular flexibility index (Phi) is 3.41. The fourth-order valence-corrected chi connectivity index (χ4v) is 1.62. The Balaban J connectivity index is 2.48. The first-order chi connectivity index (χ1) is 8.61. The van der Waals surface area contributed by atoms with Gasteiger partial charge in [-0.25, -0.2) is 14.8 Å². The molecular weight excluding hydrogens is 230 g/mol. The summed E-state index contributed by atoms with van der Waals surface area (Å²) < 4.78 is 0. The van der Waals surface area contributed by atoms with Crippen LogP contribution in [0.4, 0.5) is 5.95 Å². The van der Waals surface area contributed by atoms with Crippen LogP contribution >= 0.6 is 0 Å². The van der Waals surface area contributed by atoms with Crippen LogP contribution in [0.5, 0.6) is 0 Å². The Morgan fingerprint density at radius 1 is 1.50 bits per heavy atom. The van der Waals surface area contributed by atoms with E-state index in [2.05, 4.69) is 22.2 Å². The molecule has 0 aliphatic carbocycles. The molecule has 2 rings (SSSR count). The van der Waals surface area contributed by atoms with Gasteiger partial charge in [-0.3, -0.25) is 0 Å². The Morgan fingerprint density at radius 2 is 2.28 bits per heavy atom. The number of hydrogen-bond acceptors (Lipinski definition) is 4. The summed E-state index contributed by atoms with van der Waals surface area (Å²) in [6.07, 6.45) is 2.58. The number of carbonyl (C=O) groups is 1. The molecule has 0 radical (unpaired) electrons. The van der Waals surface area contributed by atoms with E-state index in [4.69, 9.17) is 5.11 Å². The molecule has 0 aliphatic rings. The molecule has 5 heteroatoms. The molecule has 1 heterocycles. The Morgan fingerprint density at radius 3 is 2.94 bits per heavy atom. The maximum atomic E-state index is 11.1. The summed E-state index contributed by atoms with van der Waals surface area (Å²) in [7, 11) is 0. The van der Waals surface area contributed by atoms with Gasteiger partial charge in [-0.05, 0) is 19.4 Å². The number of carboxylic acid groups (broad SMARTS) is 1. The molecule has 18 heavy (non-hydrogen) atoms. The normalized spacial score (nSPS) is 12.3. The number of benzene rings is 1. The van der Waals surface area contributed by atoms with Gasteiger partial charge in [0.25, 0.3) is 0 Å². The van der Waals surface area contributed by atoms with Crippen molar-refractivity contribution in [3.8, 4) is 0 Å². The first-order valence-electron chi connectivity index (χ1n) is 5.87. The van der Waals surface area contributed by atoms with Crippen LogP contribution < -0.4 is 5.32 Å². The van der Waals surface area contributed by atoms with Crippen LogP contribution in [-0.2, 0) is 0 Å². The summed E-state index contributed by atoms with van der Waals surface area (Å²) in [4.78, 5) is 19.6. The van der Waals surface area contributed by atoms with Crippen molar-refractivity contribution in [3.05, 3.63) is 30.0 Å². The second-order valence-electron chi connectivity index (χ2n) is 4.20. The molecule has 1 atom stereocenters. The van der Waals surface area contributed by atoms with Crippen LogP contribution in [0.15, 0.2) is 24.4 Å². The van der Waals surface area contributed by atoms with Gasteiger partial charge in [0.05, 0.1) is 11.1 Å². The largest absolute Gasteiger partial charge is 0.478 e. The van der Waals surface area contributed by atoms with Gasteiger partial charge >= 0.3 is 5.97 Å². The van der Waals surface area contributed by atoms with Crippen LogP contribution in [0.1, 0.15) is 30.6 Å². The van der Waals surface area contributed by atoms with Crippen LogP contribution in [0.3, 0.4) is 0 Å². The van der Waals surface area contributed by atoms with Gasteiger partial charge in [-0.2, -0.15) is 0 Å². The monoisotopic (exact) mass is 245 g/mol. The average Bonchev–Trinajstić information content (AvgIpc) is 2.37. The molecule has 94 valence electrons. The van der Waals surface area contributed by atoms with Gasteiger partial charge in [-0.15, -0.1) is 0 Å². The molecule has 5 nitrogen and oxygen atoms in total. The lowest BCUT2D eigenvalue weighted by molar-refractivity contribution is 0.0699. The number of rotatable bonds is 4. The van der Waals surface area contributed by atoms with E-state index in [0.717, 1.165) is 11.8 Å². The van der Waals surface area contributed by atoms with E-state index in [1.165, 1.54) is 0 Å². The number of aromatic carboxylic acids is 1. The molecule has 0 saturated carbocycles. The van der Waals surface area contributed by atoms with E-state index < -0.39 is 5.97 Å². The van der Waals surface area contributed by atoms with Gasteiger partial charge in [-0.1, -0.05) is 19.1 Å². The van der Waals surface area contributed by atoms with Gasteiger partial charge in [0, 0.05) is 17.6 Å². The SMILES string of the molecule is CCC(C)Nc1ncc2cccc(C(=O)O)c2n1. The molecule has 1 aromatic heterocycles. The van der Waals surface area contributed by atoms with Crippen molar-refractivity contribution in [3.63, 3.8) is 0 Å². The highest BCUT2D eigenvalue weighted by Crippen LogP contribution is 2.17. The molecule has 2 N–H and O–H groups in total. The number of fused-ring (bicyclic) bond motifs is 1. The maximum absolute atomic E-state index is 11.1. The minimum Gasteiger partial charge on any atom is -0.478 e. The predicted molar refractivity (Wildman–Crippen MR) is 69.9 cm³/mol. The number of nitrogens with zero attached hydrogens (tertiary/aromatic N) is 2. The van der Waals surface area contributed by atoms with Crippen molar-refractivity contribution in [2.24, 2.45) is 0 Å². The maximum Gasteiger partial charge on any atom is 0.337 e. The van der Waals surface area contributed by atoms with Crippen molar-refractivity contribution < 1.29 is 9.90 Å². The summed E-state index contributed by atoms with van der Waals surface area (Å²) >= 11 is 0. The fraction of sp³-hybridized carbons (Fsp3) is 0.308.